The summed E-state index contributed by atoms with van der Waals surface area (Å²) in [6, 6.07) is 6.87. The first kappa shape index (κ1) is 14.9. The predicted molar refractivity (Wildman–Crippen MR) is 84.7 cm³/mol. The van der Waals surface area contributed by atoms with E-state index in [-0.39, 0.29) is 12.1 Å². The maximum atomic E-state index is 10.2. The van der Waals surface area contributed by atoms with E-state index >= 15 is 0 Å². The molecule has 0 amide bonds. The molecule has 3 rings (SSSR count). The minimum Gasteiger partial charge on any atom is -0.497 e. The Morgan fingerprint density at radius 3 is 2.76 bits per heavy atom. The first-order chi connectivity index (χ1) is 10.3. The van der Waals surface area contributed by atoms with E-state index in [1.54, 1.807) is 7.11 Å². The first-order valence-electron chi connectivity index (χ1n) is 8.33. The Balaban J connectivity index is 1.91. The molecule has 1 fully saturated rings. The van der Waals surface area contributed by atoms with Crippen molar-refractivity contribution >= 4 is 0 Å². The standard InChI is InChI=1S/C18H27NO2/c1-21-16-10-9-14-6-5-11-18(13-20,17(14)12-16)19-15-7-3-2-4-8-15/h9-10,12,15,19-20H,2-8,11,13H2,1H3. The molecular weight excluding hydrogens is 262 g/mol. The molecule has 0 aromatic heterocycles. The zero-order valence-electron chi connectivity index (χ0n) is 13.0. The van der Waals surface area contributed by atoms with Crippen molar-refractivity contribution < 1.29 is 9.84 Å². The number of aliphatic hydroxyl groups is 1. The van der Waals surface area contributed by atoms with Crippen molar-refractivity contribution in [1.82, 2.24) is 5.32 Å². The quantitative estimate of drug-likeness (QED) is 0.894. The zero-order chi connectivity index (χ0) is 14.7. The van der Waals surface area contributed by atoms with Crippen molar-refractivity contribution in [1.29, 1.82) is 0 Å². The third kappa shape index (κ3) is 2.95. The van der Waals surface area contributed by atoms with E-state index in [1.165, 1.54) is 43.2 Å². The van der Waals surface area contributed by atoms with E-state index in [9.17, 15) is 5.11 Å². The SMILES string of the molecule is COc1ccc2c(c1)C(CO)(NC1CCCCC1)CCC2. The number of hydrogen-bond acceptors (Lipinski definition) is 3. The number of aliphatic hydroxyl groups excluding tert-OH is 1. The molecule has 3 heteroatoms. The van der Waals surface area contributed by atoms with E-state index in [0.29, 0.717) is 6.04 Å². The molecule has 0 heterocycles. The van der Waals surface area contributed by atoms with Gasteiger partial charge in [-0.1, -0.05) is 25.3 Å². The van der Waals surface area contributed by atoms with Crippen LogP contribution in [0.2, 0.25) is 0 Å². The summed E-state index contributed by atoms with van der Waals surface area (Å²) in [5, 5.41) is 14.0. The van der Waals surface area contributed by atoms with Gasteiger partial charge < -0.3 is 15.2 Å². The van der Waals surface area contributed by atoms with Crippen molar-refractivity contribution in [2.75, 3.05) is 13.7 Å². The summed E-state index contributed by atoms with van der Waals surface area (Å²) in [4.78, 5) is 0. The molecule has 0 spiro atoms. The molecule has 2 aliphatic rings. The minimum absolute atomic E-state index is 0.170. The fourth-order valence-corrected chi connectivity index (χ4v) is 4.06. The Morgan fingerprint density at radius 1 is 1.24 bits per heavy atom. The van der Waals surface area contributed by atoms with E-state index in [2.05, 4.69) is 17.4 Å². The van der Waals surface area contributed by atoms with Gasteiger partial charge in [0.15, 0.2) is 0 Å². The number of benzene rings is 1. The normalized spacial score (nSPS) is 26.4. The molecule has 1 unspecified atom stereocenters. The fourth-order valence-electron chi connectivity index (χ4n) is 4.06. The van der Waals surface area contributed by atoms with Gasteiger partial charge in [-0.15, -0.1) is 0 Å². The minimum atomic E-state index is -0.274. The lowest BCUT2D eigenvalue weighted by Gasteiger charge is -2.42. The lowest BCUT2D eigenvalue weighted by atomic mass is 9.75. The Morgan fingerprint density at radius 2 is 2.05 bits per heavy atom. The van der Waals surface area contributed by atoms with Crippen LogP contribution in [0.3, 0.4) is 0 Å². The zero-order valence-corrected chi connectivity index (χ0v) is 13.0. The Labute approximate surface area is 127 Å². The maximum absolute atomic E-state index is 10.2. The highest BCUT2D eigenvalue weighted by atomic mass is 16.5. The van der Waals surface area contributed by atoms with Crippen LogP contribution in [-0.2, 0) is 12.0 Å². The van der Waals surface area contributed by atoms with Gasteiger partial charge in [0, 0.05) is 6.04 Å². The second-order valence-electron chi connectivity index (χ2n) is 6.60. The van der Waals surface area contributed by atoms with Crippen LogP contribution in [0.1, 0.15) is 56.1 Å². The van der Waals surface area contributed by atoms with E-state index in [4.69, 9.17) is 4.74 Å². The van der Waals surface area contributed by atoms with Crippen molar-refractivity contribution in [3.63, 3.8) is 0 Å². The van der Waals surface area contributed by atoms with Gasteiger partial charge in [0.05, 0.1) is 19.3 Å². The summed E-state index contributed by atoms with van der Waals surface area (Å²) in [6.45, 7) is 0.170. The highest BCUT2D eigenvalue weighted by Gasteiger charge is 2.38. The van der Waals surface area contributed by atoms with Gasteiger partial charge in [-0.2, -0.15) is 0 Å². The second kappa shape index (κ2) is 6.37. The van der Waals surface area contributed by atoms with Gasteiger partial charge in [-0.05, 0) is 55.4 Å². The summed E-state index contributed by atoms with van der Waals surface area (Å²) >= 11 is 0. The lowest BCUT2D eigenvalue weighted by Crippen LogP contribution is -2.52. The van der Waals surface area contributed by atoms with Crippen molar-refractivity contribution in [3.8, 4) is 5.75 Å². The van der Waals surface area contributed by atoms with Crippen LogP contribution in [0.15, 0.2) is 18.2 Å². The summed E-state index contributed by atoms with van der Waals surface area (Å²) in [6.07, 6.45) is 9.71. The largest absolute Gasteiger partial charge is 0.497 e. The summed E-state index contributed by atoms with van der Waals surface area (Å²) in [7, 11) is 1.71. The molecule has 2 aliphatic carbocycles. The third-order valence-corrected chi connectivity index (χ3v) is 5.24. The van der Waals surface area contributed by atoms with Gasteiger partial charge in [0.2, 0.25) is 0 Å². The van der Waals surface area contributed by atoms with Crippen molar-refractivity contribution in [2.24, 2.45) is 0 Å². The molecule has 1 aromatic carbocycles. The second-order valence-corrected chi connectivity index (χ2v) is 6.60. The molecule has 0 radical (unpaired) electrons. The average molecular weight is 289 g/mol. The third-order valence-electron chi connectivity index (χ3n) is 5.24. The van der Waals surface area contributed by atoms with Crippen LogP contribution in [0, 0.1) is 0 Å². The average Bonchev–Trinajstić information content (AvgIpc) is 2.55. The van der Waals surface area contributed by atoms with Crippen LogP contribution in [0.4, 0.5) is 0 Å². The molecule has 3 nitrogen and oxygen atoms in total. The topological polar surface area (TPSA) is 41.5 Å². The molecule has 0 bridgehead atoms. The highest BCUT2D eigenvalue weighted by Crippen LogP contribution is 2.38. The number of rotatable bonds is 4. The number of methoxy groups -OCH3 is 1. The van der Waals surface area contributed by atoms with Crippen LogP contribution in [0.25, 0.3) is 0 Å². The smallest absolute Gasteiger partial charge is 0.119 e. The monoisotopic (exact) mass is 289 g/mol. The Hall–Kier alpha value is -1.06. The fraction of sp³-hybridized carbons (Fsp3) is 0.667. The molecule has 2 N–H and O–H groups in total. The van der Waals surface area contributed by atoms with Gasteiger partial charge in [0.25, 0.3) is 0 Å². The number of hydrogen-bond donors (Lipinski definition) is 2. The van der Waals surface area contributed by atoms with Crippen molar-refractivity contribution in [3.05, 3.63) is 29.3 Å². The van der Waals surface area contributed by atoms with Crippen LogP contribution in [0.5, 0.6) is 5.75 Å². The molecular formula is C18H27NO2. The van der Waals surface area contributed by atoms with Gasteiger partial charge >= 0.3 is 0 Å². The highest BCUT2D eigenvalue weighted by molar-refractivity contribution is 5.42. The van der Waals surface area contributed by atoms with E-state index in [1.807, 2.05) is 6.07 Å². The Kier molecular flexibility index (Phi) is 4.51. The van der Waals surface area contributed by atoms with Crippen LogP contribution >= 0.6 is 0 Å². The lowest BCUT2D eigenvalue weighted by molar-refractivity contribution is 0.119. The number of nitrogens with one attached hydrogen (secondary N) is 1. The molecule has 0 aliphatic heterocycles. The molecule has 1 aromatic rings. The van der Waals surface area contributed by atoms with Gasteiger partial charge in [-0.3, -0.25) is 0 Å². The number of ether oxygens (including phenoxy) is 1. The Bertz CT molecular complexity index is 482. The van der Waals surface area contributed by atoms with E-state index < -0.39 is 0 Å². The van der Waals surface area contributed by atoms with Crippen molar-refractivity contribution in [2.45, 2.75) is 62.9 Å². The number of aryl methyl sites for hydroxylation is 1. The van der Waals surface area contributed by atoms with Crippen LogP contribution in [-0.4, -0.2) is 24.9 Å². The molecule has 116 valence electrons. The summed E-state index contributed by atoms with van der Waals surface area (Å²) in [5.74, 6) is 0.888. The summed E-state index contributed by atoms with van der Waals surface area (Å²) in [5.41, 5.74) is 2.34. The molecule has 1 saturated carbocycles. The summed E-state index contributed by atoms with van der Waals surface area (Å²) < 4.78 is 5.40. The molecule has 21 heavy (non-hydrogen) atoms. The maximum Gasteiger partial charge on any atom is 0.119 e. The van der Waals surface area contributed by atoms with E-state index in [0.717, 1.165) is 25.0 Å². The predicted octanol–water partition coefficient (Wildman–Crippen LogP) is 3.14. The molecule has 1 atom stereocenters. The number of fused-ring (bicyclic) bond motifs is 1. The van der Waals surface area contributed by atoms with Crippen LogP contribution < -0.4 is 10.1 Å². The van der Waals surface area contributed by atoms with Gasteiger partial charge in [0.1, 0.15) is 5.75 Å². The molecule has 0 saturated heterocycles. The first-order valence-corrected chi connectivity index (χ1v) is 8.33. The van der Waals surface area contributed by atoms with Gasteiger partial charge in [-0.25, -0.2) is 0 Å².